The summed E-state index contributed by atoms with van der Waals surface area (Å²) in [5.41, 5.74) is 3.31. The van der Waals surface area contributed by atoms with Gasteiger partial charge < -0.3 is 10.2 Å². The summed E-state index contributed by atoms with van der Waals surface area (Å²) in [6.45, 7) is 8.44. The Morgan fingerprint density at radius 3 is 2.19 bits per heavy atom. The smallest absolute Gasteiger partial charge is 0.243 e. The number of thioether (sulfide) groups is 1. The Labute approximate surface area is 195 Å². The van der Waals surface area contributed by atoms with Gasteiger partial charge in [-0.3, -0.25) is 9.59 Å². The van der Waals surface area contributed by atoms with Crippen LogP contribution in [0.4, 0.5) is 0 Å². The van der Waals surface area contributed by atoms with Crippen LogP contribution in [0.25, 0.3) is 0 Å². The van der Waals surface area contributed by atoms with Gasteiger partial charge in [0, 0.05) is 23.4 Å². The third-order valence-corrected chi connectivity index (χ3v) is 6.51. The lowest BCUT2D eigenvalue weighted by Crippen LogP contribution is -2.51. The Morgan fingerprint density at radius 1 is 1.00 bits per heavy atom. The largest absolute Gasteiger partial charge is 0.352 e. The molecule has 6 heteroatoms. The van der Waals surface area contributed by atoms with Gasteiger partial charge in [0.2, 0.25) is 11.8 Å². The lowest BCUT2D eigenvalue weighted by atomic mass is 10.1. The zero-order valence-corrected chi connectivity index (χ0v) is 20.4. The van der Waals surface area contributed by atoms with Crippen molar-refractivity contribution in [3.05, 3.63) is 70.2 Å². The highest BCUT2D eigenvalue weighted by Crippen LogP contribution is 2.19. The number of halogens is 1. The molecule has 2 rings (SSSR count). The first-order valence-electron chi connectivity index (χ1n) is 10.8. The number of amides is 2. The van der Waals surface area contributed by atoms with Crippen LogP contribution < -0.4 is 5.32 Å². The molecule has 2 aromatic rings. The average Bonchev–Trinajstić information content (AvgIpc) is 2.76. The molecule has 31 heavy (non-hydrogen) atoms. The predicted octanol–water partition coefficient (Wildman–Crippen LogP) is 5.60. The van der Waals surface area contributed by atoms with Crippen LogP contribution in [0.5, 0.6) is 0 Å². The molecule has 168 valence electrons. The van der Waals surface area contributed by atoms with E-state index in [9.17, 15) is 9.59 Å². The van der Waals surface area contributed by atoms with E-state index in [0.717, 1.165) is 23.3 Å². The van der Waals surface area contributed by atoms with Gasteiger partial charge in [0.05, 0.1) is 5.75 Å². The van der Waals surface area contributed by atoms with Crippen molar-refractivity contribution in [3.63, 3.8) is 0 Å². The Bertz CT molecular complexity index is 840. The van der Waals surface area contributed by atoms with Gasteiger partial charge in [0.15, 0.2) is 0 Å². The van der Waals surface area contributed by atoms with Crippen molar-refractivity contribution in [3.8, 4) is 0 Å². The van der Waals surface area contributed by atoms with Gasteiger partial charge in [-0.1, -0.05) is 67.4 Å². The van der Waals surface area contributed by atoms with Crippen molar-refractivity contribution >= 4 is 35.2 Å². The molecule has 2 aromatic carbocycles. The van der Waals surface area contributed by atoms with E-state index in [1.807, 2.05) is 76.2 Å². The molecule has 2 amide bonds. The minimum absolute atomic E-state index is 0.0225. The number of aryl methyl sites for hydroxylation is 1. The van der Waals surface area contributed by atoms with E-state index in [2.05, 4.69) is 5.32 Å². The van der Waals surface area contributed by atoms with Crippen LogP contribution in [-0.4, -0.2) is 34.6 Å². The van der Waals surface area contributed by atoms with Crippen molar-refractivity contribution in [2.75, 3.05) is 5.75 Å². The van der Waals surface area contributed by atoms with Crippen LogP contribution in [0.3, 0.4) is 0 Å². The number of carbonyl (C=O) groups is 2. The number of rotatable bonds is 11. The molecule has 0 saturated carbocycles. The normalized spacial score (nSPS) is 12.8. The molecule has 2 atom stereocenters. The number of nitrogens with one attached hydrogen (secondary N) is 1. The fraction of sp³-hybridized carbons (Fsp3) is 0.440. The molecule has 0 fully saturated rings. The fourth-order valence-corrected chi connectivity index (χ4v) is 4.17. The van der Waals surface area contributed by atoms with E-state index in [-0.39, 0.29) is 17.9 Å². The highest BCUT2D eigenvalue weighted by atomic mass is 35.5. The monoisotopic (exact) mass is 460 g/mol. The minimum atomic E-state index is -0.487. The maximum absolute atomic E-state index is 13.2. The maximum Gasteiger partial charge on any atom is 0.243 e. The molecule has 0 unspecified atom stereocenters. The zero-order valence-electron chi connectivity index (χ0n) is 18.9. The van der Waals surface area contributed by atoms with E-state index < -0.39 is 6.04 Å². The predicted molar refractivity (Wildman–Crippen MR) is 131 cm³/mol. The van der Waals surface area contributed by atoms with E-state index in [4.69, 9.17) is 11.6 Å². The first-order chi connectivity index (χ1) is 14.8. The van der Waals surface area contributed by atoms with Gasteiger partial charge in [-0.15, -0.1) is 11.8 Å². The first kappa shape index (κ1) is 25.3. The molecular formula is C25H33ClN2O2S. The Hall–Kier alpha value is -1.98. The van der Waals surface area contributed by atoms with Crippen LogP contribution in [0.15, 0.2) is 48.5 Å². The SMILES string of the molecule is CC[C@H](C(=O)N[C@@H](C)CC)N(Cc1ccc(C)cc1)C(=O)CSCc1ccc(Cl)cc1. The molecular weight excluding hydrogens is 428 g/mol. The third kappa shape index (κ3) is 8.23. The summed E-state index contributed by atoms with van der Waals surface area (Å²) in [4.78, 5) is 27.9. The minimum Gasteiger partial charge on any atom is -0.352 e. The van der Waals surface area contributed by atoms with Crippen molar-refractivity contribution < 1.29 is 9.59 Å². The second-order valence-electron chi connectivity index (χ2n) is 7.87. The number of nitrogens with zero attached hydrogens (tertiary/aromatic N) is 1. The summed E-state index contributed by atoms with van der Waals surface area (Å²) in [6, 6.07) is 15.4. The van der Waals surface area contributed by atoms with Crippen molar-refractivity contribution in [1.29, 1.82) is 0 Å². The Morgan fingerprint density at radius 2 is 1.61 bits per heavy atom. The topological polar surface area (TPSA) is 49.4 Å². The second kappa shape index (κ2) is 12.8. The molecule has 1 N–H and O–H groups in total. The highest BCUT2D eigenvalue weighted by molar-refractivity contribution is 7.99. The van der Waals surface area contributed by atoms with E-state index in [1.165, 1.54) is 5.56 Å². The fourth-order valence-electron chi connectivity index (χ4n) is 3.17. The van der Waals surface area contributed by atoms with Crippen molar-refractivity contribution in [2.24, 2.45) is 0 Å². The molecule has 0 radical (unpaired) electrons. The van der Waals surface area contributed by atoms with Gasteiger partial charge in [0.1, 0.15) is 6.04 Å². The lowest BCUT2D eigenvalue weighted by molar-refractivity contribution is -0.139. The van der Waals surface area contributed by atoms with Gasteiger partial charge in [-0.2, -0.15) is 0 Å². The van der Waals surface area contributed by atoms with Crippen molar-refractivity contribution in [2.45, 2.75) is 64.9 Å². The molecule has 4 nitrogen and oxygen atoms in total. The molecule has 0 heterocycles. The van der Waals surface area contributed by atoms with E-state index in [1.54, 1.807) is 16.7 Å². The van der Waals surface area contributed by atoms with Crippen LogP contribution in [0.1, 0.15) is 50.3 Å². The van der Waals surface area contributed by atoms with E-state index >= 15 is 0 Å². The number of hydrogen-bond donors (Lipinski definition) is 1. The first-order valence-corrected chi connectivity index (χ1v) is 12.3. The second-order valence-corrected chi connectivity index (χ2v) is 9.29. The zero-order chi connectivity index (χ0) is 22.8. The summed E-state index contributed by atoms with van der Waals surface area (Å²) in [6.07, 6.45) is 1.42. The molecule has 0 bridgehead atoms. The molecule has 0 aliphatic rings. The molecule has 0 saturated heterocycles. The van der Waals surface area contributed by atoms with E-state index in [0.29, 0.717) is 23.7 Å². The summed E-state index contributed by atoms with van der Waals surface area (Å²) < 4.78 is 0. The number of hydrogen-bond acceptors (Lipinski definition) is 3. The summed E-state index contributed by atoms with van der Waals surface area (Å²) >= 11 is 7.50. The summed E-state index contributed by atoms with van der Waals surface area (Å²) in [7, 11) is 0. The maximum atomic E-state index is 13.2. The lowest BCUT2D eigenvalue weighted by Gasteiger charge is -2.31. The summed E-state index contributed by atoms with van der Waals surface area (Å²) in [5.74, 6) is 0.935. The highest BCUT2D eigenvalue weighted by Gasteiger charge is 2.29. The molecule has 0 spiro atoms. The van der Waals surface area contributed by atoms with Crippen molar-refractivity contribution in [1.82, 2.24) is 10.2 Å². The van der Waals surface area contributed by atoms with Gasteiger partial charge in [0.25, 0.3) is 0 Å². The van der Waals surface area contributed by atoms with Crippen LogP contribution in [-0.2, 0) is 21.9 Å². The summed E-state index contributed by atoms with van der Waals surface area (Å²) in [5, 5.41) is 3.75. The Kier molecular flexibility index (Phi) is 10.4. The van der Waals surface area contributed by atoms with Gasteiger partial charge in [-0.25, -0.2) is 0 Å². The molecule has 0 aliphatic carbocycles. The quantitative estimate of drug-likeness (QED) is 0.474. The molecule has 0 aromatic heterocycles. The van der Waals surface area contributed by atoms with Crippen LogP contribution >= 0.6 is 23.4 Å². The third-order valence-electron chi connectivity index (χ3n) is 5.27. The van der Waals surface area contributed by atoms with Crippen LogP contribution in [0.2, 0.25) is 5.02 Å². The van der Waals surface area contributed by atoms with Gasteiger partial charge in [-0.05, 0) is 49.9 Å². The number of carbonyl (C=O) groups excluding carboxylic acids is 2. The Balaban J connectivity index is 2.12. The molecule has 0 aliphatic heterocycles. The average molecular weight is 461 g/mol. The number of benzene rings is 2. The standard InChI is InChI=1S/C25H33ClN2O2S/c1-5-19(4)27-25(30)23(6-2)28(15-20-9-7-18(3)8-10-20)24(29)17-31-16-21-11-13-22(26)14-12-21/h7-14,19,23H,5-6,15-17H2,1-4H3,(H,27,30)/t19-,23+/m0/s1. The van der Waals surface area contributed by atoms with Crippen LogP contribution in [0, 0.1) is 6.92 Å². The van der Waals surface area contributed by atoms with Gasteiger partial charge >= 0.3 is 0 Å².